The Balaban J connectivity index is 1.69. The molecule has 0 aliphatic carbocycles. The molecule has 1 amide bonds. The van der Waals surface area contributed by atoms with Gasteiger partial charge >= 0.3 is 5.97 Å². The van der Waals surface area contributed by atoms with E-state index in [0.29, 0.717) is 18.6 Å². The zero-order valence-corrected chi connectivity index (χ0v) is 11.9. The van der Waals surface area contributed by atoms with Crippen LogP contribution in [-0.4, -0.2) is 38.6 Å². The maximum atomic E-state index is 13.7. The molecular weight excluding hydrogens is 307 g/mol. The van der Waals surface area contributed by atoms with Crippen molar-refractivity contribution in [3.8, 4) is 5.75 Å². The molecule has 9 heteroatoms. The van der Waals surface area contributed by atoms with Gasteiger partial charge in [0.1, 0.15) is 6.54 Å². The highest BCUT2D eigenvalue weighted by Crippen LogP contribution is 2.33. The number of amides is 1. The molecule has 1 aromatic carbocycles. The molecule has 2 N–H and O–H groups in total. The lowest BCUT2D eigenvalue weighted by atomic mass is 10.0. The van der Waals surface area contributed by atoms with Crippen molar-refractivity contribution in [3.63, 3.8) is 0 Å². The summed E-state index contributed by atoms with van der Waals surface area (Å²) in [4.78, 5) is 22.8. The van der Waals surface area contributed by atoms with Crippen molar-refractivity contribution in [2.75, 3.05) is 6.61 Å². The second-order valence-electron chi connectivity index (χ2n) is 5.02. The Bertz CT molecular complexity index is 761. The van der Waals surface area contributed by atoms with Crippen molar-refractivity contribution in [2.24, 2.45) is 0 Å². The highest BCUT2D eigenvalue weighted by Gasteiger charge is 2.25. The maximum Gasteiger partial charge on any atom is 0.358 e. The molecule has 1 aromatic heterocycles. The number of hydrogen-bond acceptors (Lipinski definition) is 5. The van der Waals surface area contributed by atoms with E-state index < -0.39 is 11.8 Å². The summed E-state index contributed by atoms with van der Waals surface area (Å²) in [6.45, 7) is 0.119. The summed E-state index contributed by atoms with van der Waals surface area (Å²) in [7, 11) is 0. The highest BCUT2D eigenvalue weighted by molar-refractivity contribution is 5.84. The number of aromatic carboxylic acids is 1. The van der Waals surface area contributed by atoms with E-state index in [2.05, 4.69) is 15.6 Å². The normalized spacial score (nSPS) is 16.3. The number of rotatable bonds is 4. The highest BCUT2D eigenvalue weighted by atomic mass is 19.1. The van der Waals surface area contributed by atoms with Gasteiger partial charge in [-0.2, -0.15) is 0 Å². The topological polar surface area (TPSA) is 106 Å². The molecule has 1 aliphatic rings. The number of nitrogens with zero attached hydrogens (tertiary/aromatic N) is 3. The minimum atomic E-state index is -1.22. The molecule has 2 aromatic rings. The Morgan fingerprint density at radius 2 is 2.30 bits per heavy atom. The summed E-state index contributed by atoms with van der Waals surface area (Å²) in [6.07, 6.45) is 1.68. The molecule has 1 atom stereocenters. The van der Waals surface area contributed by atoms with Crippen molar-refractivity contribution in [1.82, 2.24) is 20.3 Å². The third-order valence-corrected chi connectivity index (χ3v) is 3.42. The van der Waals surface area contributed by atoms with Gasteiger partial charge in [0.25, 0.3) is 0 Å². The predicted octanol–water partition coefficient (Wildman–Crippen LogP) is 0.755. The molecule has 0 spiro atoms. The van der Waals surface area contributed by atoms with Crippen molar-refractivity contribution in [3.05, 3.63) is 41.5 Å². The number of carboxylic acid groups (broad SMARTS) is 1. The number of nitrogens with one attached hydrogen (secondary N) is 1. The number of benzene rings is 1. The lowest BCUT2D eigenvalue weighted by Gasteiger charge is -2.26. The fourth-order valence-corrected chi connectivity index (χ4v) is 2.40. The number of aromatic nitrogens is 3. The molecule has 0 saturated carbocycles. The van der Waals surface area contributed by atoms with E-state index >= 15 is 0 Å². The van der Waals surface area contributed by atoms with Gasteiger partial charge in [-0.3, -0.25) is 4.79 Å². The number of ether oxygens (including phenoxy) is 1. The number of carboxylic acids is 1. The summed E-state index contributed by atoms with van der Waals surface area (Å²) in [5.74, 6) is -1.92. The first-order valence-corrected chi connectivity index (χ1v) is 6.88. The van der Waals surface area contributed by atoms with Crippen LogP contribution in [0.3, 0.4) is 0 Å². The third-order valence-electron chi connectivity index (χ3n) is 3.42. The molecule has 0 saturated heterocycles. The van der Waals surface area contributed by atoms with Gasteiger partial charge in [-0.05, 0) is 6.07 Å². The average Bonchev–Trinajstić information content (AvgIpc) is 2.97. The number of carbonyl (C=O) groups is 2. The molecule has 8 nitrogen and oxygen atoms in total. The van der Waals surface area contributed by atoms with Crippen molar-refractivity contribution >= 4 is 11.9 Å². The fraction of sp³-hybridized carbons (Fsp3) is 0.286. The number of hydrogen-bond donors (Lipinski definition) is 2. The van der Waals surface area contributed by atoms with Crippen LogP contribution in [0, 0.1) is 5.82 Å². The van der Waals surface area contributed by atoms with E-state index in [1.165, 1.54) is 12.3 Å². The number of fused-ring (bicyclic) bond motifs is 1. The Morgan fingerprint density at radius 1 is 1.48 bits per heavy atom. The van der Waals surface area contributed by atoms with E-state index in [-0.39, 0.29) is 29.9 Å². The van der Waals surface area contributed by atoms with Crippen LogP contribution in [0.1, 0.15) is 28.5 Å². The molecule has 2 heterocycles. The van der Waals surface area contributed by atoms with Crippen molar-refractivity contribution in [2.45, 2.75) is 19.0 Å². The van der Waals surface area contributed by atoms with Gasteiger partial charge in [-0.15, -0.1) is 5.10 Å². The average molecular weight is 320 g/mol. The quantitative estimate of drug-likeness (QED) is 0.861. The van der Waals surface area contributed by atoms with E-state index in [4.69, 9.17) is 9.84 Å². The van der Waals surface area contributed by atoms with Crippen LogP contribution < -0.4 is 10.1 Å². The van der Waals surface area contributed by atoms with Crippen molar-refractivity contribution in [1.29, 1.82) is 0 Å². The van der Waals surface area contributed by atoms with Gasteiger partial charge < -0.3 is 15.2 Å². The van der Waals surface area contributed by atoms with Crippen LogP contribution in [0.4, 0.5) is 4.39 Å². The van der Waals surface area contributed by atoms with Gasteiger partial charge in [-0.25, -0.2) is 13.9 Å². The minimum Gasteiger partial charge on any atom is -0.490 e. The standard InChI is InChI=1S/C14H13FN4O4/c15-9-3-1-2-8-10(4-5-23-13(8)9)16-12(20)7-19-6-11(14(21)22)17-18-19/h1-3,6,10H,4-5,7H2,(H,16,20)(H,21,22)/t10-/m1/s1. The van der Waals surface area contributed by atoms with Crippen molar-refractivity contribution < 1.29 is 23.8 Å². The molecule has 0 unspecified atom stereocenters. The van der Waals surface area contributed by atoms with Gasteiger partial charge in [0, 0.05) is 12.0 Å². The molecule has 1 aliphatic heterocycles. The zero-order chi connectivity index (χ0) is 16.4. The first kappa shape index (κ1) is 14.9. The van der Waals surface area contributed by atoms with E-state index in [1.807, 2.05) is 0 Å². The predicted molar refractivity (Wildman–Crippen MR) is 74.4 cm³/mol. The summed E-state index contributed by atoms with van der Waals surface area (Å²) >= 11 is 0. The van der Waals surface area contributed by atoms with Crippen LogP contribution in [-0.2, 0) is 11.3 Å². The molecule has 120 valence electrons. The molecule has 3 rings (SSSR count). The summed E-state index contributed by atoms with van der Waals surface area (Å²) < 4.78 is 20.1. The Labute approximate surface area is 129 Å². The Morgan fingerprint density at radius 3 is 3.04 bits per heavy atom. The lowest BCUT2D eigenvalue weighted by Crippen LogP contribution is -2.34. The van der Waals surface area contributed by atoms with E-state index in [9.17, 15) is 14.0 Å². The number of para-hydroxylation sites is 1. The van der Waals surface area contributed by atoms with Crippen LogP contribution in [0.2, 0.25) is 0 Å². The monoisotopic (exact) mass is 320 g/mol. The summed E-state index contributed by atoms with van der Waals surface area (Å²) in [6, 6.07) is 4.18. The maximum absolute atomic E-state index is 13.7. The van der Waals surface area contributed by atoms with Gasteiger partial charge in [0.05, 0.1) is 18.8 Å². The number of halogens is 1. The third kappa shape index (κ3) is 3.12. The second-order valence-corrected chi connectivity index (χ2v) is 5.02. The largest absolute Gasteiger partial charge is 0.490 e. The first-order chi connectivity index (χ1) is 11.0. The fourth-order valence-electron chi connectivity index (χ4n) is 2.40. The van der Waals surface area contributed by atoms with Crippen LogP contribution >= 0.6 is 0 Å². The zero-order valence-electron chi connectivity index (χ0n) is 11.9. The summed E-state index contributed by atoms with van der Waals surface area (Å²) in [5.41, 5.74) is 0.339. The summed E-state index contributed by atoms with van der Waals surface area (Å²) in [5, 5.41) is 18.5. The first-order valence-electron chi connectivity index (χ1n) is 6.88. The molecule has 0 bridgehead atoms. The SMILES string of the molecule is O=C(Cn1cc(C(=O)O)nn1)N[C@@H]1CCOc2c(F)cccc21. The lowest BCUT2D eigenvalue weighted by molar-refractivity contribution is -0.122. The van der Waals surface area contributed by atoms with Crippen LogP contribution in [0.5, 0.6) is 5.75 Å². The van der Waals surface area contributed by atoms with Crippen LogP contribution in [0.15, 0.2) is 24.4 Å². The van der Waals surface area contributed by atoms with E-state index in [1.54, 1.807) is 12.1 Å². The van der Waals surface area contributed by atoms with Gasteiger partial charge in [0.2, 0.25) is 5.91 Å². The molecular formula is C14H13FN4O4. The van der Waals surface area contributed by atoms with Crippen LogP contribution in [0.25, 0.3) is 0 Å². The second kappa shape index (κ2) is 6.03. The molecule has 0 fully saturated rings. The smallest absolute Gasteiger partial charge is 0.358 e. The van der Waals surface area contributed by atoms with E-state index in [0.717, 1.165) is 4.68 Å². The van der Waals surface area contributed by atoms with Gasteiger partial charge in [0.15, 0.2) is 17.3 Å². The number of carbonyl (C=O) groups excluding carboxylic acids is 1. The molecule has 23 heavy (non-hydrogen) atoms. The molecule has 0 radical (unpaired) electrons. The Hall–Kier alpha value is -2.97. The Kier molecular flexibility index (Phi) is 3.92. The van der Waals surface area contributed by atoms with Gasteiger partial charge in [-0.1, -0.05) is 17.3 Å². The minimum absolute atomic E-state index is 0.151.